The standard InChI is InChI=1S/C27H46N8O5/c1-5-13-37-17-18-39-15-11-29-24(36)22-6-8-23(9-7-22)32-27-34-25(33-26(35-27)31-21(2)3)30-12-16-40-20-19-38-14-10-28-4/h6-9,21,28H,5,10-20H2,1-4H3,(H,29,36)(H3,30,31,32,33,34,35). The number of aromatic nitrogens is 3. The smallest absolute Gasteiger partial charge is 0.251 e. The minimum Gasteiger partial charge on any atom is -0.379 e. The van der Waals surface area contributed by atoms with Crippen LogP contribution in [-0.4, -0.2) is 106 Å². The zero-order valence-electron chi connectivity index (χ0n) is 24.3. The normalized spacial score (nSPS) is 11.0. The topological polar surface area (TPSA) is 153 Å². The first-order valence-electron chi connectivity index (χ1n) is 13.9. The van der Waals surface area contributed by atoms with Gasteiger partial charge in [-0.1, -0.05) is 6.92 Å². The van der Waals surface area contributed by atoms with E-state index in [-0.39, 0.29) is 11.9 Å². The molecule has 0 unspecified atom stereocenters. The fraction of sp³-hybridized carbons (Fsp3) is 0.630. The number of hydrogen-bond acceptors (Lipinski definition) is 12. The van der Waals surface area contributed by atoms with Gasteiger partial charge in [0.05, 0.1) is 46.2 Å². The summed E-state index contributed by atoms with van der Waals surface area (Å²) in [5.41, 5.74) is 1.28. The summed E-state index contributed by atoms with van der Waals surface area (Å²) in [5, 5.41) is 15.4. The summed E-state index contributed by atoms with van der Waals surface area (Å²) < 4.78 is 21.8. The van der Waals surface area contributed by atoms with Crippen molar-refractivity contribution in [3.8, 4) is 0 Å². The first-order valence-corrected chi connectivity index (χ1v) is 13.9. The number of anilines is 4. The number of amides is 1. The van der Waals surface area contributed by atoms with Crippen LogP contribution in [0, 0.1) is 0 Å². The maximum atomic E-state index is 12.4. The third-order valence-corrected chi connectivity index (χ3v) is 5.11. The van der Waals surface area contributed by atoms with Crippen molar-refractivity contribution in [2.24, 2.45) is 0 Å². The highest BCUT2D eigenvalue weighted by atomic mass is 16.5. The van der Waals surface area contributed by atoms with E-state index >= 15 is 0 Å². The maximum Gasteiger partial charge on any atom is 0.251 e. The molecule has 1 aromatic heterocycles. The van der Waals surface area contributed by atoms with Gasteiger partial charge in [0, 0.05) is 43.5 Å². The summed E-state index contributed by atoms with van der Waals surface area (Å²) in [6.45, 7) is 12.3. The molecule has 0 saturated carbocycles. The van der Waals surface area contributed by atoms with Gasteiger partial charge in [0.1, 0.15) is 0 Å². The second kappa shape index (κ2) is 20.8. The molecule has 5 N–H and O–H groups in total. The number of nitrogens with one attached hydrogen (secondary N) is 5. The van der Waals surface area contributed by atoms with Crippen LogP contribution < -0.4 is 26.6 Å². The summed E-state index contributed by atoms with van der Waals surface area (Å²) in [7, 11) is 1.89. The molecule has 1 heterocycles. The number of rotatable bonds is 23. The lowest BCUT2D eigenvalue weighted by atomic mass is 10.2. The lowest BCUT2D eigenvalue weighted by Crippen LogP contribution is -2.27. The van der Waals surface area contributed by atoms with Crippen LogP contribution in [0.25, 0.3) is 0 Å². The first-order chi connectivity index (χ1) is 19.5. The minimum atomic E-state index is -0.167. The Balaban J connectivity index is 1.81. The SMILES string of the molecule is CCCOCCOCCNC(=O)c1ccc(Nc2nc(NCCOCCOCCNC)nc(NC(C)C)n2)cc1. The fourth-order valence-corrected chi connectivity index (χ4v) is 3.20. The summed E-state index contributed by atoms with van der Waals surface area (Å²) >= 11 is 0. The van der Waals surface area contributed by atoms with Crippen LogP contribution in [0.3, 0.4) is 0 Å². The largest absolute Gasteiger partial charge is 0.379 e. The van der Waals surface area contributed by atoms with Crippen molar-refractivity contribution < 1.29 is 23.7 Å². The molecule has 0 aliphatic carbocycles. The van der Waals surface area contributed by atoms with E-state index in [1.807, 2.05) is 20.9 Å². The number of carbonyl (C=O) groups excluding carboxylic acids is 1. The van der Waals surface area contributed by atoms with Crippen molar-refractivity contribution in [1.82, 2.24) is 25.6 Å². The molecule has 0 aliphatic rings. The van der Waals surface area contributed by atoms with Crippen molar-refractivity contribution in [3.05, 3.63) is 29.8 Å². The van der Waals surface area contributed by atoms with Crippen LogP contribution in [0.1, 0.15) is 37.6 Å². The number of nitrogens with zero attached hydrogens (tertiary/aromatic N) is 3. The Kier molecular flexibility index (Phi) is 17.2. The Morgan fingerprint density at radius 1 is 0.750 bits per heavy atom. The molecule has 0 aliphatic heterocycles. The van der Waals surface area contributed by atoms with Gasteiger partial charge in [-0.25, -0.2) is 0 Å². The Morgan fingerprint density at radius 2 is 1.32 bits per heavy atom. The zero-order valence-corrected chi connectivity index (χ0v) is 24.3. The summed E-state index contributed by atoms with van der Waals surface area (Å²) in [6, 6.07) is 7.23. The average Bonchev–Trinajstić information content (AvgIpc) is 2.93. The fourth-order valence-electron chi connectivity index (χ4n) is 3.20. The van der Waals surface area contributed by atoms with Gasteiger partial charge >= 0.3 is 0 Å². The number of likely N-dealkylation sites (N-methyl/N-ethyl adjacent to an activating group) is 1. The molecule has 0 bridgehead atoms. The van der Waals surface area contributed by atoms with E-state index < -0.39 is 0 Å². The van der Waals surface area contributed by atoms with E-state index in [0.717, 1.165) is 25.3 Å². The second-order valence-electron chi connectivity index (χ2n) is 9.04. The molecule has 0 atom stereocenters. The molecule has 40 heavy (non-hydrogen) atoms. The van der Waals surface area contributed by atoms with Crippen molar-refractivity contribution in [2.75, 3.05) is 95.5 Å². The maximum absolute atomic E-state index is 12.4. The Bertz CT molecular complexity index is 949. The Hall–Kier alpha value is -3.10. The van der Waals surface area contributed by atoms with Crippen molar-refractivity contribution in [2.45, 2.75) is 33.2 Å². The minimum absolute atomic E-state index is 0.145. The molecule has 13 heteroatoms. The van der Waals surface area contributed by atoms with Crippen LogP contribution >= 0.6 is 0 Å². The van der Waals surface area contributed by atoms with Crippen LogP contribution in [0.15, 0.2) is 24.3 Å². The summed E-state index contributed by atoms with van der Waals surface area (Å²) in [6.07, 6.45) is 0.985. The first kappa shape index (κ1) is 33.1. The predicted molar refractivity (Wildman–Crippen MR) is 157 cm³/mol. The van der Waals surface area contributed by atoms with Gasteiger partial charge in [-0.3, -0.25) is 4.79 Å². The van der Waals surface area contributed by atoms with Gasteiger partial charge in [0.25, 0.3) is 5.91 Å². The molecular weight excluding hydrogens is 516 g/mol. The predicted octanol–water partition coefficient (Wildman–Crippen LogP) is 2.27. The van der Waals surface area contributed by atoms with Crippen LogP contribution in [0.4, 0.5) is 23.5 Å². The molecule has 0 fully saturated rings. The van der Waals surface area contributed by atoms with Crippen LogP contribution in [-0.2, 0) is 18.9 Å². The van der Waals surface area contributed by atoms with Gasteiger partial charge in [0.2, 0.25) is 17.8 Å². The molecule has 1 amide bonds. The number of benzene rings is 1. The van der Waals surface area contributed by atoms with Gasteiger partial charge in [-0.15, -0.1) is 0 Å². The summed E-state index contributed by atoms with van der Waals surface area (Å²) in [5.74, 6) is 1.07. The van der Waals surface area contributed by atoms with Gasteiger partial charge in [-0.2, -0.15) is 15.0 Å². The van der Waals surface area contributed by atoms with E-state index in [1.54, 1.807) is 24.3 Å². The zero-order chi connectivity index (χ0) is 28.8. The van der Waals surface area contributed by atoms with Gasteiger partial charge in [-0.05, 0) is 51.6 Å². The van der Waals surface area contributed by atoms with Crippen LogP contribution in [0.2, 0.25) is 0 Å². The van der Waals surface area contributed by atoms with E-state index in [2.05, 4.69) is 48.5 Å². The molecule has 0 saturated heterocycles. The molecule has 2 aromatic rings. The van der Waals surface area contributed by atoms with E-state index in [0.29, 0.717) is 82.7 Å². The summed E-state index contributed by atoms with van der Waals surface area (Å²) in [4.78, 5) is 25.8. The molecule has 2 rings (SSSR count). The van der Waals surface area contributed by atoms with E-state index in [9.17, 15) is 4.79 Å². The molecule has 13 nitrogen and oxygen atoms in total. The van der Waals surface area contributed by atoms with Crippen molar-refractivity contribution in [3.63, 3.8) is 0 Å². The van der Waals surface area contributed by atoms with Crippen LogP contribution in [0.5, 0.6) is 0 Å². The highest BCUT2D eigenvalue weighted by Gasteiger charge is 2.09. The number of ether oxygens (including phenoxy) is 4. The highest BCUT2D eigenvalue weighted by molar-refractivity contribution is 5.94. The second-order valence-corrected chi connectivity index (χ2v) is 9.04. The molecule has 1 aromatic carbocycles. The molecular formula is C27H46N8O5. The Labute approximate surface area is 237 Å². The third-order valence-electron chi connectivity index (χ3n) is 5.11. The molecule has 0 spiro atoms. The van der Waals surface area contributed by atoms with E-state index in [1.165, 1.54) is 0 Å². The molecule has 224 valence electrons. The van der Waals surface area contributed by atoms with Crippen molar-refractivity contribution in [1.29, 1.82) is 0 Å². The quantitative estimate of drug-likeness (QED) is 0.126. The monoisotopic (exact) mass is 562 g/mol. The molecule has 0 radical (unpaired) electrons. The average molecular weight is 563 g/mol. The lowest BCUT2D eigenvalue weighted by molar-refractivity contribution is 0.0485. The lowest BCUT2D eigenvalue weighted by Gasteiger charge is -2.13. The Morgan fingerprint density at radius 3 is 1.95 bits per heavy atom. The third kappa shape index (κ3) is 14.9. The van der Waals surface area contributed by atoms with E-state index in [4.69, 9.17) is 18.9 Å². The van der Waals surface area contributed by atoms with Gasteiger partial charge < -0.3 is 45.5 Å². The number of hydrogen-bond donors (Lipinski definition) is 5. The highest BCUT2D eigenvalue weighted by Crippen LogP contribution is 2.17. The number of carbonyl (C=O) groups is 1. The van der Waals surface area contributed by atoms with Crippen molar-refractivity contribution >= 4 is 29.4 Å². The van der Waals surface area contributed by atoms with Gasteiger partial charge in [0.15, 0.2) is 0 Å².